The van der Waals surface area contributed by atoms with Gasteiger partial charge < -0.3 is 5.73 Å². The fourth-order valence-electron chi connectivity index (χ4n) is 2.91. The number of aromatic nitrogens is 1. The summed E-state index contributed by atoms with van der Waals surface area (Å²) in [5.41, 5.74) is 7.38. The predicted molar refractivity (Wildman–Crippen MR) is 78.0 cm³/mol. The molecule has 0 spiro atoms. The largest absolute Gasteiger partial charge is 0.375 e. The van der Waals surface area contributed by atoms with Crippen molar-refractivity contribution in [3.63, 3.8) is 0 Å². The lowest BCUT2D eigenvalue weighted by Gasteiger charge is -2.28. The van der Waals surface area contributed by atoms with E-state index in [1.165, 1.54) is 11.3 Å². The van der Waals surface area contributed by atoms with Crippen LogP contribution in [0.1, 0.15) is 20.7 Å². The second-order valence-electron chi connectivity index (χ2n) is 4.94. The van der Waals surface area contributed by atoms with E-state index in [4.69, 9.17) is 5.73 Å². The molecule has 2 aliphatic carbocycles. The normalized spacial score (nSPS) is 24.0. The van der Waals surface area contributed by atoms with Crippen molar-refractivity contribution in [1.29, 1.82) is 0 Å². The Morgan fingerprint density at radius 2 is 1.75 bits per heavy atom. The molecule has 2 aliphatic rings. The van der Waals surface area contributed by atoms with Crippen molar-refractivity contribution in [3.8, 4) is 0 Å². The predicted octanol–water partition coefficient (Wildman–Crippen LogP) is 2.62. The van der Waals surface area contributed by atoms with E-state index in [2.05, 4.69) is 4.98 Å². The van der Waals surface area contributed by atoms with Gasteiger partial charge in [-0.15, -0.1) is 0 Å². The third kappa shape index (κ3) is 1.38. The number of hydrogen-bond donors (Lipinski definition) is 1. The smallest absolute Gasteiger partial charge is 0.181 e. The highest BCUT2D eigenvalue weighted by molar-refractivity contribution is 7.22. The zero-order valence-corrected chi connectivity index (χ0v) is 11.2. The van der Waals surface area contributed by atoms with E-state index in [0.717, 1.165) is 4.70 Å². The Balaban J connectivity index is 2.05. The second kappa shape index (κ2) is 3.86. The summed E-state index contributed by atoms with van der Waals surface area (Å²) in [6.07, 6.45) is 7.25. The van der Waals surface area contributed by atoms with Crippen LogP contribution in [-0.2, 0) is 0 Å². The summed E-state index contributed by atoms with van der Waals surface area (Å²) in [5.74, 6) is -0.782. The third-order valence-electron chi connectivity index (χ3n) is 3.83. The number of nitrogen functional groups attached to an aromatic ring is 1. The van der Waals surface area contributed by atoms with Gasteiger partial charge in [0.05, 0.1) is 22.1 Å². The van der Waals surface area contributed by atoms with Gasteiger partial charge in [-0.25, -0.2) is 4.98 Å². The Morgan fingerprint density at radius 1 is 1.05 bits per heavy atom. The van der Waals surface area contributed by atoms with Crippen LogP contribution >= 0.6 is 11.3 Å². The van der Waals surface area contributed by atoms with Crippen molar-refractivity contribution in [1.82, 2.24) is 4.98 Å². The number of rotatable bonds is 0. The number of Topliss-reactive ketones (excluding diaryl/α,β-unsaturated/α-hetero) is 2. The molecule has 0 bridgehead atoms. The number of benzene rings is 1. The standard InChI is InChI=1S/C15H10N2O2S/c16-15-17-10-6-5-9-11(14(10)20-15)13(19)8-4-2-1-3-7(8)12(9)18/h1-8H,(H2,16,17). The van der Waals surface area contributed by atoms with Gasteiger partial charge in [-0.2, -0.15) is 0 Å². The summed E-state index contributed by atoms with van der Waals surface area (Å²) in [6, 6.07) is 3.45. The maximum atomic E-state index is 12.7. The number of fused-ring (bicyclic) bond motifs is 4. The first-order valence-electron chi connectivity index (χ1n) is 6.29. The van der Waals surface area contributed by atoms with Gasteiger partial charge in [0.1, 0.15) is 0 Å². The molecule has 0 aliphatic heterocycles. The van der Waals surface area contributed by atoms with Gasteiger partial charge in [-0.3, -0.25) is 9.59 Å². The number of carbonyl (C=O) groups is 2. The van der Waals surface area contributed by atoms with Gasteiger partial charge in [-0.05, 0) is 12.1 Å². The van der Waals surface area contributed by atoms with E-state index in [-0.39, 0.29) is 17.5 Å². The van der Waals surface area contributed by atoms with E-state index in [1.54, 1.807) is 24.3 Å². The molecule has 4 rings (SSSR count). The molecule has 1 aromatic carbocycles. The lowest BCUT2D eigenvalue weighted by molar-refractivity contribution is 0.0803. The molecule has 0 amide bonds. The van der Waals surface area contributed by atoms with Gasteiger partial charge in [0.25, 0.3) is 0 Å². The number of nitrogens with zero attached hydrogens (tertiary/aromatic N) is 1. The second-order valence-corrected chi connectivity index (χ2v) is 5.97. The fraction of sp³-hybridized carbons (Fsp3) is 0.133. The molecule has 20 heavy (non-hydrogen) atoms. The Morgan fingerprint density at radius 3 is 2.50 bits per heavy atom. The van der Waals surface area contributed by atoms with Crippen molar-refractivity contribution in [3.05, 3.63) is 47.6 Å². The molecule has 5 heteroatoms. The maximum absolute atomic E-state index is 12.7. The Labute approximate surface area is 118 Å². The summed E-state index contributed by atoms with van der Waals surface area (Å²) in [5, 5.41) is 0.412. The molecule has 2 aromatic rings. The summed E-state index contributed by atoms with van der Waals surface area (Å²) < 4.78 is 0.722. The van der Waals surface area contributed by atoms with Crippen molar-refractivity contribution in [2.75, 3.05) is 5.73 Å². The van der Waals surface area contributed by atoms with E-state index < -0.39 is 5.92 Å². The van der Waals surface area contributed by atoms with Crippen LogP contribution in [0.3, 0.4) is 0 Å². The van der Waals surface area contributed by atoms with Gasteiger partial charge in [0, 0.05) is 11.1 Å². The molecule has 2 unspecified atom stereocenters. The summed E-state index contributed by atoms with van der Waals surface area (Å²) in [6.45, 7) is 0. The van der Waals surface area contributed by atoms with Gasteiger partial charge in [0.15, 0.2) is 16.7 Å². The van der Waals surface area contributed by atoms with Crippen LogP contribution in [-0.4, -0.2) is 16.6 Å². The topological polar surface area (TPSA) is 73.0 Å². The minimum absolute atomic E-state index is 0.000860. The lowest BCUT2D eigenvalue weighted by atomic mass is 9.72. The van der Waals surface area contributed by atoms with Crippen LogP contribution in [0, 0.1) is 11.8 Å². The monoisotopic (exact) mass is 282 g/mol. The van der Waals surface area contributed by atoms with E-state index in [9.17, 15) is 9.59 Å². The van der Waals surface area contributed by atoms with Crippen LogP contribution in [0.4, 0.5) is 5.13 Å². The van der Waals surface area contributed by atoms with Crippen LogP contribution in [0.2, 0.25) is 0 Å². The molecule has 0 radical (unpaired) electrons. The third-order valence-corrected chi connectivity index (χ3v) is 4.74. The molecule has 0 fully saturated rings. The quantitative estimate of drug-likeness (QED) is 0.806. The van der Waals surface area contributed by atoms with Crippen LogP contribution in [0.5, 0.6) is 0 Å². The lowest BCUT2D eigenvalue weighted by Crippen LogP contribution is -2.35. The average molecular weight is 282 g/mol. The van der Waals surface area contributed by atoms with Crippen molar-refractivity contribution >= 4 is 38.3 Å². The molecular formula is C15H10N2O2S. The van der Waals surface area contributed by atoms with E-state index in [1.807, 2.05) is 12.2 Å². The molecule has 0 saturated carbocycles. The number of thiazole rings is 1. The number of carbonyl (C=O) groups excluding carboxylic acids is 2. The summed E-state index contributed by atoms with van der Waals surface area (Å²) in [7, 11) is 0. The first-order chi connectivity index (χ1) is 9.66. The SMILES string of the molecule is Nc1nc2ccc3c(c2s1)C(=O)C1C=CC=CC1C3=O. The number of nitrogens with two attached hydrogens (primary N) is 1. The molecular weight excluding hydrogens is 272 g/mol. The Bertz CT molecular complexity index is 832. The van der Waals surface area contributed by atoms with Crippen molar-refractivity contribution in [2.45, 2.75) is 0 Å². The van der Waals surface area contributed by atoms with Crippen molar-refractivity contribution < 1.29 is 9.59 Å². The fourth-order valence-corrected chi connectivity index (χ4v) is 3.80. The maximum Gasteiger partial charge on any atom is 0.181 e. The Kier molecular flexibility index (Phi) is 2.23. The zero-order valence-electron chi connectivity index (χ0n) is 10.4. The molecule has 4 nitrogen and oxygen atoms in total. The summed E-state index contributed by atoms with van der Waals surface area (Å²) >= 11 is 1.26. The molecule has 2 atom stereocenters. The molecule has 0 saturated heterocycles. The highest BCUT2D eigenvalue weighted by Crippen LogP contribution is 2.39. The minimum Gasteiger partial charge on any atom is -0.375 e. The zero-order chi connectivity index (χ0) is 13.9. The molecule has 1 aromatic heterocycles. The molecule has 2 N–H and O–H groups in total. The Hall–Kier alpha value is -2.27. The molecule has 98 valence electrons. The highest BCUT2D eigenvalue weighted by atomic mass is 32.1. The molecule has 1 heterocycles. The van der Waals surface area contributed by atoms with Gasteiger partial charge in [0.2, 0.25) is 0 Å². The average Bonchev–Trinajstić information content (AvgIpc) is 2.84. The number of ketones is 2. The van der Waals surface area contributed by atoms with E-state index in [0.29, 0.717) is 21.8 Å². The van der Waals surface area contributed by atoms with Crippen molar-refractivity contribution in [2.24, 2.45) is 11.8 Å². The van der Waals surface area contributed by atoms with Gasteiger partial charge in [-0.1, -0.05) is 35.6 Å². The van der Waals surface area contributed by atoms with Crippen LogP contribution in [0.25, 0.3) is 10.2 Å². The summed E-state index contributed by atoms with van der Waals surface area (Å²) in [4.78, 5) is 29.5. The first-order valence-corrected chi connectivity index (χ1v) is 7.11. The first kappa shape index (κ1) is 11.5. The van der Waals surface area contributed by atoms with E-state index >= 15 is 0 Å². The number of hydrogen-bond acceptors (Lipinski definition) is 5. The van der Waals surface area contributed by atoms with Gasteiger partial charge >= 0.3 is 0 Å². The van der Waals surface area contributed by atoms with Crippen LogP contribution < -0.4 is 5.73 Å². The number of allylic oxidation sites excluding steroid dienone is 4. The minimum atomic E-state index is -0.395. The van der Waals surface area contributed by atoms with Crippen LogP contribution in [0.15, 0.2) is 36.4 Å². The number of anilines is 1. The highest BCUT2D eigenvalue weighted by Gasteiger charge is 2.40.